The van der Waals surface area contributed by atoms with Crippen molar-refractivity contribution in [3.63, 3.8) is 0 Å². The molecule has 0 aromatic rings. The molecule has 13 atom stereocenters. The van der Waals surface area contributed by atoms with Crippen LogP contribution in [0.4, 0.5) is 0 Å². The Morgan fingerprint density at radius 1 is 0.500 bits per heavy atom. The molecule has 0 radical (unpaired) electrons. The van der Waals surface area contributed by atoms with E-state index in [1.165, 1.54) is 109 Å². The Bertz CT molecular complexity index is 740. The van der Waals surface area contributed by atoms with Crippen molar-refractivity contribution in [1.29, 1.82) is 0 Å². The molecule has 4 heteroatoms. The first-order chi connectivity index (χ1) is 17.6. The first-order valence-electron chi connectivity index (χ1n) is 16.3. The van der Waals surface area contributed by atoms with E-state index in [9.17, 15) is 0 Å². The summed E-state index contributed by atoms with van der Waals surface area (Å²) in [6.07, 6.45) is 28.5. The van der Waals surface area contributed by atoms with Gasteiger partial charge in [0.25, 0.3) is 0 Å². The monoisotopic (exact) mass is 498 g/mol. The highest BCUT2D eigenvalue weighted by Gasteiger charge is 2.53. The molecule has 8 fully saturated rings. The van der Waals surface area contributed by atoms with Crippen molar-refractivity contribution in [1.82, 2.24) is 0 Å². The zero-order chi connectivity index (χ0) is 23.9. The maximum absolute atomic E-state index is 6.04. The van der Waals surface area contributed by atoms with Gasteiger partial charge in [-0.05, 0) is 138 Å². The maximum atomic E-state index is 6.04. The van der Waals surface area contributed by atoms with Gasteiger partial charge in [-0.1, -0.05) is 13.3 Å². The summed E-state index contributed by atoms with van der Waals surface area (Å²) in [5.74, 6) is 4.41. The zero-order valence-corrected chi connectivity index (χ0v) is 22.7. The van der Waals surface area contributed by atoms with Crippen molar-refractivity contribution in [2.75, 3.05) is 0 Å². The van der Waals surface area contributed by atoms with Crippen LogP contribution in [0.3, 0.4) is 0 Å². The molecule has 4 saturated heterocycles. The van der Waals surface area contributed by atoms with E-state index in [1.54, 1.807) is 0 Å². The van der Waals surface area contributed by atoms with Gasteiger partial charge in [0.1, 0.15) is 0 Å². The minimum absolute atomic E-state index is 0.501. The number of fused-ring (bicyclic) bond motifs is 4. The van der Waals surface area contributed by atoms with Crippen LogP contribution in [0.15, 0.2) is 0 Å². The molecule has 4 saturated carbocycles. The maximum Gasteiger partial charge on any atom is 0.0844 e. The van der Waals surface area contributed by atoms with Gasteiger partial charge in [-0.2, -0.15) is 0 Å². The molecule has 8 rings (SSSR count). The van der Waals surface area contributed by atoms with Crippen LogP contribution in [-0.4, -0.2) is 48.8 Å². The number of epoxide rings is 4. The number of rotatable bonds is 10. The fourth-order valence-corrected chi connectivity index (χ4v) is 10.4. The van der Waals surface area contributed by atoms with Crippen LogP contribution in [0.5, 0.6) is 0 Å². The molecular weight excluding hydrogens is 448 g/mol. The van der Waals surface area contributed by atoms with Gasteiger partial charge in [0.2, 0.25) is 0 Å². The summed E-state index contributed by atoms with van der Waals surface area (Å²) in [5.41, 5.74) is 0.501. The van der Waals surface area contributed by atoms with Crippen molar-refractivity contribution in [3.8, 4) is 0 Å². The fourth-order valence-electron chi connectivity index (χ4n) is 10.4. The van der Waals surface area contributed by atoms with E-state index in [4.69, 9.17) is 18.9 Å². The standard InChI is InChI=1S/C32H50O4/c1-2-23(11-19-3-7-24-28(12-19)33-24)32(16-20-4-8-25-29(13-20)34-25,17-21-5-9-26-30(14-21)35-26)18-22-6-10-27-31(15-22)36-27/h19-31H,2-18H2,1H3. The third-order valence-electron chi connectivity index (χ3n) is 12.5. The average molecular weight is 499 g/mol. The smallest absolute Gasteiger partial charge is 0.0844 e. The predicted octanol–water partition coefficient (Wildman–Crippen LogP) is 6.83. The Morgan fingerprint density at radius 3 is 1.22 bits per heavy atom. The molecule has 202 valence electrons. The topological polar surface area (TPSA) is 50.1 Å². The lowest BCUT2D eigenvalue weighted by Crippen LogP contribution is -2.40. The van der Waals surface area contributed by atoms with E-state index in [2.05, 4.69) is 6.92 Å². The molecule has 4 aliphatic heterocycles. The van der Waals surface area contributed by atoms with Crippen LogP contribution in [0.1, 0.15) is 116 Å². The number of hydrogen-bond donors (Lipinski definition) is 0. The number of ether oxygens (including phenoxy) is 4. The lowest BCUT2D eigenvalue weighted by molar-refractivity contribution is 0.0141. The molecule has 8 aliphatic rings. The average Bonchev–Trinajstić information content (AvgIpc) is 3.69. The van der Waals surface area contributed by atoms with Gasteiger partial charge in [-0.15, -0.1) is 0 Å². The zero-order valence-electron chi connectivity index (χ0n) is 22.7. The van der Waals surface area contributed by atoms with Gasteiger partial charge in [-0.25, -0.2) is 0 Å². The Balaban J connectivity index is 1.07. The van der Waals surface area contributed by atoms with E-state index < -0.39 is 0 Å². The molecule has 36 heavy (non-hydrogen) atoms. The largest absolute Gasteiger partial charge is 0.370 e. The molecule has 0 bridgehead atoms. The van der Waals surface area contributed by atoms with Crippen LogP contribution in [0.25, 0.3) is 0 Å². The van der Waals surface area contributed by atoms with Crippen LogP contribution in [0, 0.1) is 35.0 Å². The highest BCUT2D eigenvalue weighted by Crippen LogP contribution is 2.58. The second-order valence-corrected chi connectivity index (χ2v) is 14.9. The first kappa shape index (κ1) is 23.7. The van der Waals surface area contributed by atoms with E-state index >= 15 is 0 Å². The van der Waals surface area contributed by atoms with Gasteiger partial charge in [0, 0.05) is 0 Å². The van der Waals surface area contributed by atoms with Crippen LogP contribution >= 0.6 is 0 Å². The molecule has 4 nitrogen and oxygen atoms in total. The van der Waals surface area contributed by atoms with E-state index in [0.717, 1.165) is 29.6 Å². The number of hydrogen-bond acceptors (Lipinski definition) is 4. The fraction of sp³-hybridized carbons (Fsp3) is 1.00. The van der Waals surface area contributed by atoms with Gasteiger partial charge in [0.15, 0.2) is 0 Å². The summed E-state index contributed by atoms with van der Waals surface area (Å²) in [7, 11) is 0. The second kappa shape index (κ2) is 9.20. The molecule has 0 N–H and O–H groups in total. The van der Waals surface area contributed by atoms with Crippen molar-refractivity contribution in [2.24, 2.45) is 35.0 Å². The summed E-state index contributed by atoms with van der Waals surface area (Å²) < 4.78 is 24.1. The highest BCUT2D eigenvalue weighted by atomic mass is 16.6. The summed E-state index contributed by atoms with van der Waals surface area (Å²) in [6, 6.07) is 0. The van der Waals surface area contributed by atoms with Gasteiger partial charge < -0.3 is 18.9 Å². The normalized spacial score (nSPS) is 52.6. The Hall–Kier alpha value is -0.160. The minimum atomic E-state index is 0.501. The summed E-state index contributed by atoms with van der Waals surface area (Å²) in [4.78, 5) is 0. The van der Waals surface area contributed by atoms with E-state index in [1.807, 2.05) is 0 Å². The minimum Gasteiger partial charge on any atom is -0.370 e. The molecule has 0 aromatic carbocycles. The quantitative estimate of drug-likeness (QED) is 0.310. The molecule has 13 unspecified atom stereocenters. The van der Waals surface area contributed by atoms with Crippen LogP contribution in [-0.2, 0) is 18.9 Å². The summed E-state index contributed by atoms with van der Waals surface area (Å²) in [6.45, 7) is 2.54. The highest BCUT2D eigenvalue weighted by molar-refractivity contribution is 5.02. The van der Waals surface area contributed by atoms with E-state index in [-0.39, 0.29) is 0 Å². The molecule has 0 spiro atoms. The third-order valence-corrected chi connectivity index (χ3v) is 12.5. The van der Waals surface area contributed by atoms with Crippen molar-refractivity contribution < 1.29 is 18.9 Å². The molecule has 0 amide bonds. The van der Waals surface area contributed by atoms with Crippen LogP contribution < -0.4 is 0 Å². The molecule has 4 aliphatic carbocycles. The molecule has 4 heterocycles. The van der Waals surface area contributed by atoms with Crippen molar-refractivity contribution in [3.05, 3.63) is 0 Å². The molecular formula is C32H50O4. The van der Waals surface area contributed by atoms with Crippen molar-refractivity contribution in [2.45, 2.75) is 165 Å². The lowest BCUT2D eigenvalue weighted by atomic mass is 9.56. The molecule has 0 aromatic heterocycles. The Labute approximate surface area is 218 Å². The first-order valence-corrected chi connectivity index (χ1v) is 16.3. The van der Waals surface area contributed by atoms with Gasteiger partial charge >= 0.3 is 0 Å². The third kappa shape index (κ3) is 4.84. The van der Waals surface area contributed by atoms with Crippen LogP contribution in [0.2, 0.25) is 0 Å². The van der Waals surface area contributed by atoms with E-state index in [0.29, 0.717) is 54.2 Å². The Morgan fingerprint density at radius 2 is 0.861 bits per heavy atom. The van der Waals surface area contributed by atoms with Gasteiger partial charge in [0.05, 0.1) is 48.8 Å². The summed E-state index contributed by atoms with van der Waals surface area (Å²) >= 11 is 0. The lowest BCUT2D eigenvalue weighted by Gasteiger charge is -2.49. The SMILES string of the molecule is CCC(CC1CCC2OC2C1)C(CC1CCC2OC2C1)(CC1CCC2OC2C1)CC1CCC2OC2C1. The van der Waals surface area contributed by atoms with Gasteiger partial charge in [-0.3, -0.25) is 0 Å². The summed E-state index contributed by atoms with van der Waals surface area (Å²) in [5, 5.41) is 0. The Kier molecular flexibility index (Phi) is 6.06. The second-order valence-electron chi connectivity index (χ2n) is 14.9. The predicted molar refractivity (Wildman–Crippen MR) is 139 cm³/mol. The van der Waals surface area contributed by atoms with Crippen molar-refractivity contribution >= 4 is 0 Å².